The molecule has 3 N–H and O–H groups in total. The smallest absolute Gasteiger partial charge is 0.221 e. The number of nitrogens with zero attached hydrogens (tertiary/aromatic N) is 1. The van der Waals surface area contributed by atoms with Gasteiger partial charge in [-0.25, -0.2) is 4.39 Å². The first-order valence-electron chi connectivity index (χ1n) is 6.16. The Balaban J connectivity index is 2.06. The fourth-order valence-corrected chi connectivity index (χ4v) is 2.13. The standard InChI is InChI=1S/C13H18FN3O/c14-13-10(8-15)2-1-3-11(13)9-17-6-4-12(18)16-5-7-17/h1-3H,4-9,15H2,(H,16,18). The van der Waals surface area contributed by atoms with E-state index in [2.05, 4.69) is 10.2 Å². The predicted octanol–water partition coefficient (Wildman–Crippen LogP) is 0.606. The molecule has 4 nitrogen and oxygen atoms in total. The quantitative estimate of drug-likeness (QED) is 0.827. The van der Waals surface area contributed by atoms with Crippen molar-refractivity contribution in [2.24, 2.45) is 5.73 Å². The minimum Gasteiger partial charge on any atom is -0.355 e. The van der Waals surface area contributed by atoms with E-state index in [0.29, 0.717) is 37.2 Å². The Kier molecular flexibility index (Phi) is 4.28. The molecule has 0 aliphatic carbocycles. The highest BCUT2D eigenvalue weighted by atomic mass is 19.1. The van der Waals surface area contributed by atoms with Crippen LogP contribution in [0.5, 0.6) is 0 Å². The lowest BCUT2D eigenvalue weighted by atomic mass is 10.1. The molecule has 1 aromatic rings. The number of hydrogen-bond donors (Lipinski definition) is 2. The van der Waals surface area contributed by atoms with Gasteiger partial charge in [0.15, 0.2) is 0 Å². The van der Waals surface area contributed by atoms with Crippen molar-refractivity contribution in [3.05, 3.63) is 35.1 Å². The number of hydrogen-bond acceptors (Lipinski definition) is 3. The minimum absolute atomic E-state index is 0.0636. The zero-order valence-corrected chi connectivity index (χ0v) is 10.3. The largest absolute Gasteiger partial charge is 0.355 e. The first kappa shape index (κ1) is 13.0. The highest BCUT2D eigenvalue weighted by molar-refractivity contribution is 5.76. The van der Waals surface area contributed by atoms with Crippen LogP contribution in [0.2, 0.25) is 0 Å². The number of carbonyl (C=O) groups excluding carboxylic acids is 1. The molecule has 0 spiro atoms. The van der Waals surface area contributed by atoms with Gasteiger partial charge >= 0.3 is 0 Å². The van der Waals surface area contributed by atoms with E-state index >= 15 is 0 Å². The maximum Gasteiger partial charge on any atom is 0.221 e. The van der Waals surface area contributed by atoms with Crippen molar-refractivity contribution < 1.29 is 9.18 Å². The van der Waals surface area contributed by atoms with Crippen molar-refractivity contribution in [3.63, 3.8) is 0 Å². The monoisotopic (exact) mass is 251 g/mol. The van der Waals surface area contributed by atoms with Gasteiger partial charge in [-0.3, -0.25) is 9.69 Å². The normalized spacial score (nSPS) is 17.3. The predicted molar refractivity (Wildman–Crippen MR) is 67.2 cm³/mol. The van der Waals surface area contributed by atoms with Gasteiger partial charge in [-0.2, -0.15) is 0 Å². The van der Waals surface area contributed by atoms with E-state index in [1.165, 1.54) is 0 Å². The third-order valence-electron chi connectivity index (χ3n) is 3.18. The highest BCUT2D eigenvalue weighted by Gasteiger charge is 2.15. The lowest BCUT2D eigenvalue weighted by molar-refractivity contribution is -0.120. The molecule has 5 heteroatoms. The third-order valence-corrected chi connectivity index (χ3v) is 3.18. The summed E-state index contributed by atoms with van der Waals surface area (Å²) >= 11 is 0. The van der Waals surface area contributed by atoms with Gasteiger partial charge in [0, 0.05) is 50.3 Å². The fraction of sp³-hybridized carbons (Fsp3) is 0.462. The molecule has 1 heterocycles. The van der Waals surface area contributed by atoms with Crippen molar-refractivity contribution in [1.82, 2.24) is 10.2 Å². The molecular weight excluding hydrogens is 233 g/mol. The van der Waals surface area contributed by atoms with Crippen LogP contribution in [0.15, 0.2) is 18.2 Å². The van der Waals surface area contributed by atoms with Crippen LogP contribution in [0.1, 0.15) is 17.5 Å². The molecule has 1 amide bonds. The second kappa shape index (κ2) is 5.93. The third kappa shape index (κ3) is 3.05. The Morgan fingerprint density at radius 1 is 1.33 bits per heavy atom. The molecule has 1 aliphatic rings. The molecule has 1 saturated heterocycles. The van der Waals surface area contributed by atoms with Crippen LogP contribution in [0, 0.1) is 5.82 Å². The fourth-order valence-electron chi connectivity index (χ4n) is 2.13. The second-order valence-corrected chi connectivity index (χ2v) is 4.47. The Labute approximate surface area is 106 Å². The van der Waals surface area contributed by atoms with Crippen LogP contribution < -0.4 is 11.1 Å². The molecule has 0 aromatic heterocycles. The van der Waals surface area contributed by atoms with E-state index in [1.807, 2.05) is 6.07 Å². The van der Waals surface area contributed by atoms with Crippen LogP contribution in [0.25, 0.3) is 0 Å². The van der Waals surface area contributed by atoms with Crippen LogP contribution >= 0.6 is 0 Å². The molecule has 1 aliphatic heterocycles. The maximum atomic E-state index is 14.0. The molecule has 0 bridgehead atoms. The van der Waals surface area contributed by atoms with Crippen molar-refractivity contribution in [3.8, 4) is 0 Å². The lowest BCUT2D eigenvalue weighted by Crippen LogP contribution is -2.28. The van der Waals surface area contributed by atoms with E-state index in [1.54, 1.807) is 12.1 Å². The number of nitrogens with two attached hydrogens (primary N) is 1. The van der Waals surface area contributed by atoms with Crippen molar-refractivity contribution >= 4 is 5.91 Å². The molecule has 1 fully saturated rings. The molecule has 0 saturated carbocycles. The van der Waals surface area contributed by atoms with E-state index in [9.17, 15) is 9.18 Å². The lowest BCUT2D eigenvalue weighted by Gasteiger charge is -2.19. The van der Waals surface area contributed by atoms with E-state index in [0.717, 1.165) is 6.54 Å². The summed E-state index contributed by atoms with van der Waals surface area (Å²) < 4.78 is 14.0. The summed E-state index contributed by atoms with van der Waals surface area (Å²) in [5, 5.41) is 2.80. The summed E-state index contributed by atoms with van der Waals surface area (Å²) in [6.45, 7) is 2.77. The number of nitrogens with one attached hydrogen (secondary N) is 1. The van der Waals surface area contributed by atoms with Gasteiger partial charge in [0.25, 0.3) is 0 Å². The molecular formula is C13H18FN3O. The summed E-state index contributed by atoms with van der Waals surface area (Å²) in [6, 6.07) is 5.29. The van der Waals surface area contributed by atoms with Crippen molar-refractivity contribution in [1.29, 1.82) is 0 Å². The van der Waals surface area contributed by atoms with Crippen LogP contribution in [-0.4, -0.2) is 30.4 Å². The Morgan fingerprint density at radius 2 is 2.11 bits per heavy atom. The Hall–Kier alpha value is -1.46. The molecule has 18 heavy (non-hydrogen) atoms. The summed E-state index contributed by atoms with van der Waals surface area (Å²) in [6.07, 6.45) is 0.470. The number of benzene rings is 1. The molecule has 2 rings (SSSR count). The molecule has 0 atom stereocenters. The maximum absolute atomic E-state index is 14.0. The van der Waals surface area contributed by atoms with E-state index in [4.69, 9.17) is 5.73 Å². The van der Waals surface area contributed by atoms with E-state index < -0.39 is 0 Å². The minimum atomic E-state index is -0.219. The number of halogens is 1. The van der Waals surface area contributed by atoms with Gasteiger partial charge in [0.2, 0.25) is 5.91 Å². The Bertz CT molecular complexity index is 436. The Morgan fingerprint density at radius 3 is 2.89 bits per heavy atom. The number of amides is 1. The summed E-state index contributed by atoms with van der Waals surface area (Å²) in [5.74, 6) is -0.155. The van der Waals surface area contributed by atoms with Gasteiger partial charge in [0.1, 0.15) is 5.82 Å². The van der Waals surface area contributed by atoms with Crippen molar-refractivity contribution in [2.45, 2.75) is 19.5 Å². The van der Waals surface area contributed by atoms with Gasteiger partial charge in [-0.1, -0.05) is 18.2 Å². The van der Waals surface area contributed by atoms with E-state index in [-0.39, 0.29) is 18.3 Å². The zero-order valence-electron chi connectivity index (χ0n) is 10.3. The summed E-state index contributed by atoms with van der Waals surface area (Å²) in [4.78, 5) is 13.3. The molecule has 98 valence electrons. The van der Waals surface area contributed by atoms with Crippen LogP contribution in [0.4, 0.5) is 4.39 Å². The summed E-state index contributed by atoms with van der Waals surface area (Å²) in [5.41, 5.74) is 6.67. The van der Waals surface area contributed by atoms with Gasteiger partial charge in [-0.05, 0) is 0 Å². The summed E-state index contributed by atoms with van der Waals surface area (Å²) in [7, 11) is 0. The SMILES string of the molecule is NCc1cccc(CN2CCNC(=O)CC2)c1F. The highest BCUT2D eigenvalue weighted by Crippen LogP contribution is 2.15. The average Bonchev–Trinajstić information content (AvgIpc) is 2.57. The first-order valence-corrected chi connectivity index (χ1v) is 6.16. The van der Waals surface area contributed by atoms with Crippen LogP contribution in [-0.2, 0) is 17.9 Å². The molecule has 0 unspecified atom stereocenters. The van der Waals surface area contributed by atoms with Gasteiger partial charge < -0.3 is 11.1 Å². The molecule has 0 radical (unpaired) electrons. The number of carbonyl (C=O) groups is 1. The van der Waals surface area contributed by atoms with Gasteiger partial charge in [-0.15, -0.1) is 0 Å². The zero-order chi connectivity index (χ0) is 13.0. The van der Waals surface area contributed by atoms with Crippen LogP contribution in [0.3, 0.4) is 0 Å². The van der Waals surface area contributed by atoms with Gasteiger partial charge in [0.05, 0.1) is 0 Å². The van der Waals surface area contributed by atoms with Crippen molar-refractivity contribution in [2.75, 3.05) is 19.6 Å². The average molecular weight is 251 g/mol. The number of rotatable bonds is 3. The topological polar surface area (TPSA) is 58.4 Å². The second-order valence-electron chi connectivity index (χ2n) is 4.47. The molecule has 1 aromatic carbocycles. The first-order chi connectivity index (χ1) is 8.70.